The number of aromatic nitrogens is 2. The summed E-state index contributed by atoms with van der Waals surface area (Å²) in [6.07, 6.45) is 7.24. The van der Waals surface area contributed by atoms with Crippen LogP contribution in [-0.2, 0) is 27.9 Å². The summed E-state index contributed by atoms with van der Waals surface area (Å²) in [6.45, 7) is 4.06. The van der Waals surface area contributed by atoms with Crippen molar-refractivity contribution in [3.63, 3.8) is 0 Å². The molecule has 1 fully saturated rings. The maximum atomic E-state index is 6.24. The van der Waals surface area contributed by atoms with E-state index >= 15 is 0 Å². The molecule has 1 saturated heterocycles. The average Bonchev–Trinajstić information content (AvgIpc) is 2.74. The second-order valence-corrected chi connectivity index (χ2v) is 5.96. The Morgan fingerprint density at radius 3 is 2.67 bits per heavy atom. The van der Waals surface area contributed by atoms with E-state index in [2.05, 4.69) is 4.98 Å². The lowest BCUT2D eigenvalue weighted by atomic mass is 9.92. The molecule has 0 amide bonds. The van der Waals surface area contributed by atoms with Crippen LogP contribution in [0.3, 0.4) is 0 Å². The van der Waals surface area contributed by atoms with Crippen LogP contribution in [0.15, 0.2) is 0 Å². The molecule has 5 nitrogen and oxygen atoms in total. The number of ether oxygens (including phenoxy) is 2. The Kier molecular flexibility index (Phi) is 4.40. The number of fused-ring (bicyclic) bond motifs is 1. The minimum atomic E-state index is -0.414. The molecule has 1 aromatic rings. The molecule has 0 bridgehead atoms. The molecule has 2 aliphatic rings. The summed E-state index contributed by atoms with van der Waals surface area (Å²) in [6, 6.07) is 0. The number of rotatable bonds is 3. The van der Waals surface area contributed by atoms with Crippen LogP contribution in [0, 0.1) is 0 Å². The monoisotopic (exact) mass is 291 g/mol. The molecule has 0 saturated carbocycles. The van der Waals surface area contributed by atoms with E-state index in [1.807, 2.05) is 6.92 Å². The van der Waals surface area contributed by atoms with Crippen LogP contribution in [0.2, 0.25) is 0 Å². The first-order valence-corrected chi connectivity index (χ1v) is 8.12. The van der Waals surface area contributed by atoms with Gasteiger partial charge in [0, 0.05) is 43.9 Å². The Bertz CT molecular complexity index is 493. The van der Waals surface area contributed by atoms with Crippen LogP contribution in [0.1, 0.15) is 56.1 Å². The number of hydrogen-bond donors (Lipinski definition) is 1. The first-order valence-electron chi connectivity index (χ1n) is 8.12. The Labute approximate surface area is 126 Å². The molecule has 21 heavy (non-hydrogen) atoms. The number of anilines is 1. The molecular formula is C16H25N3O2. The summed E-state index contributed by atoms with van der Waals surface area (Å²) in [5, 5.41) is 0. The van der Waals surface area contributed by atoms with E-state index in [0.29, 0.717) is 25.6 Å². The number of hydrogen-bond acceptors (Lipinski definition) is 5. The number of nitrogen functional groups attached to an aromatic ring is 1. The van der Waals surface area contributed by atoms with Gasteiger partial charge in [0.05, 0.1) is 0 Å². The molecule has 1 aromatic heterocycles. The summed E-state index contributed by atoms with van der Waals surface area (Å²) in [5.74, 6) is 1.42. The van der Waals surface area contributed by atoms with Gasteiger partial charge in [-0.1, -0.05) is 6.42 Å². The van der Waals surface area contributed by atoms with E-state index in [4.69, 9.17) is 20.2 Å². The number of nitrogens with two attached hydrogens (primary N) is 1. The molecule has 3 rings (SSSR count). The Morgan fingerprint density at radius 1 is 1.14 bits per heavy atom. The van der Waals surface area contributed by atoms with Gasteiger partial charge in [0.2, 0.25) is 0 Å². The third kappa shape index (κ3) is 2.90. The van der Waals surface area contributed by atoms with Gasteiger partial charge in [-0.3, -0.25) is 0 Å². The van der Waals surface area contributed by atoms with Gasteiger partial charge in [0.1, 0.15) is 11.4 Å². The molecule has 2 N–H and O–H groups in total. The molecule has 1 aliphatic heterocycles. The summed E-state index contributed by atoms with van der Waals surface area (Å²) >= 11 is 0. The molecular weight excluding hydrogens is 266 g/mol. The minimum Gasteiger partial charge on any atom is -0.383 e. The van der Waals surface area contributed by atoms with Crippen molar-refractivity contribution in [3.8, 4) is 0 Å². The van der Waals surface area contributed by atoms with E-state index in [9.17, 15) is 0 Å². The fourth-order valence-electron chi connectivity index (χ4n) is 3.41. The lowest BCUT2D eigenvalue weighted by Crippen LogP contribution is -2.39. The summed E-state index contributed by atoms with van der Waals surface area (Å²) in [4.78, 5) is 9.51. The Morgan fingerprint density at radius 2 is 1.90 bits per heavy atom. The van der Waals surface area contributed by atoms with Gasteiger partial charge in [-0.15, -0.1) is 0 Å². The summed E-state index contributed by atoms with van der Waals surface area (Å²) in [5.41, 5.74) is 8.12. The van der Waals surface area contributed by atoms with Crippen molar-refractivity contribution < 1.29 is 9.47 Å². The zero-order valence-corrected chi connectivity index (χ0v) is 12.9. The standard InChI is InChI=1S/C16H25N3O2/c1-2-21-16(8-10-20-11-9-16)15-18-13-7-5-3-4-6-12(13)14(17)19-15/h2-11H2,1H3,(H2,17,18,19). The average molecular weight is 291 g/mol. The lowest BCUT2D eigenvalue weighted by molar-refractivity contribution is -0.117. The highest BCUT2D eigenvalue weighted by Gasteiger charge is 2.39. The largest absolute Gasteiger partial charge is 0.383 e. The molecule has 0 aromatic carbocycles. The fourth-order valence-corrected chi connectivity index (χ4v) is 3.41. The van der Waals surface area contributed by atoms with Crippen LogP contribution in [-0.4, -0.2) is 29.8 Å². The second kappa shape index (κ2) is 6.28. The zero-order chi connectivity index (χ0) is 14.7. The van der Waals surface area contributed by atoms with Crippen molar-refractivity contribution in [2.45, 2.75) is 57.5 Å². The van der Waals surface area contributed by atoms with Crippen LogP contribution in [0.4, 0.5) is 5.82 Å². The van der Waals surface area contributed by atoms with Gasteiger partial charge in [-0.05, 0) is 32.6 Å². The SMILES string of the molecule is CCOC1(c2nc(N)c3c(n2)CCCCC3)CCOCC1. The van der Waals surface area contributed by atoms with Crippen molar-refractivity contribution >= 4 is 5.82 Å². The number of aryl methyl sites for hydroxylation is 1. The molecule has 0 atom stereocenters. The highest BCUT2D eigenvalue weighted by Crippen LogP contribution is 2.36. The maximum absolute atomic E-state index is 6.24. The van der Waals surface area contributed by atoms with Crippen molar-refractivity contribution in [1.29, 1.82) is 0 Å². The second-order valence-electron chi connectivity index (χ2n) is 5.96. The molecule has 2 heterocycles. The molecule has 5 heteroatoms. The van der Waals surface area contributed by atoms with E-state index in [1.54, 1.807) is 0 Å². The van der Waals surface area contributed by atoms with Gasteiger partial charge in [-0.2, -0.15) is 0 Å². The van der Waals surface area contributed by atoms with Crippen molar-refractivity contribution in [2.75, 3.05) is 25.6 Å². The smallest absolute Gasteiger partial charge is 0.163 e. The van der Waals surface area contributed by atoms with Gasteiger partial charge >= 0.3 is 0 Å². The third-order valence-electron chi connectivity index (χ3n) is 4.59. The normalized spacial score (nSPS) is 21.6. The quantitative estimate of drug-likeness (QED) is 0.866. The molecule has 1 aliphatic carbocycles. The van der Waals surface area contributed by atoms with Crippen molar-refractivity contribution in [1.82, 2.24) is 9.97 Å². The highest BCUT2D eigenvalue weighted by molar-refractivity contribution is 5.43. The molecule has 116 valence electrons. The predicted molar refractivity (Wildman–Crippen MR) is 81.1 cm³/mol. The Balaban J connectivity index is 2.00. The van der Waals surface area contributed by atoms with Crippen LogP contribution in [0.25, 0.3) is 0 Å². The van der Waals surface area contributed by atoms with Crippen LogP contribution < -0.4 is 5.73 Å². The van der Waals surface area contributed by atoms with E-state index in [-0.39, 0.29) is 0 Å². The predicted octanol–water partition coefficient (Wildman–Crippen LogP) is 2.37. The van der Waals surface area contributed by atoms with Crippen molar-refractivity contribution in [2.24, 2.45) is 0 Å². The first-order chi connectivity index (χ1) is 10.2. The molecule has 0 unspecified atom stereocenters. The third-order valence-corrected chi connectivity index (χ3v) is 4.59. The van der Waals surface area contributed by atoms with E-state index < -0.39 is 5.60 Å². The topological polar surface area (TPSA) is 70.3 Å². The maximum Gasteiger partial charge on any atom is 0.163 e. The van der Waals surface area contributed by atoms with Gasteiger partial charge in [-0.25, -0.2) is 9.97 Å². The lowest BCUT2D eigenvalue weighted by Gasteiger charge is -2.35. The van der Waals surface area contributed by atoms with Crippen molar-refractivity contribution in [3.05, 3.63) is 17.1 Å². The highest BCUT2D eigenvalue weighted by atomic mass is 16.5. The van der Waals surface area contributed by atoms with Crippen LogP contribution >= 0.6 is 0 Å². The molecule has 0 spiro atoms. The fraction of sp³-hybridized carbons (Fsp3) is 0.750. The van der Waals surface area contributed by atoms with Crippen LogP contribution in [0.5, 0.6) is 0 Å². The zero-order valence-electron chi connectivity index (χ0n) is 12.9. The van der Waals surface area contributed by atoms with Gasteiger partial charge in [0.25, 0.3) is 0 Å². The molecule has 0 radical (unpaired) electrons. The minimum absolute atomic E-state index is 0.414. The first kappa shape index (κ1) is 14.7. The summed E-state index contributed by atoms with van der Waals surface area (Å²) in [7, 11) is 0. The van der Waals surface area contributed by atoms with Gasteiger partial charge < -0.3 is 15.2 Å². The van der Waals surface area contributed by atoms with E-state index in [1.165, 1.54) is 19.3 Å². The van der Waals surface area contributed by atoms with E-state index in [0.717, 1.165) is 42.8 Å². The van der Waals surface area contributed by atoms with Gasteiger partial charge in [0.15, 0.2) is 5.82 Å². The number of nitrogens with zero attached hydrogens (tertiary/aromatic N) is 2. The summed E-state index contributed by atoms with van der Waals surface area (Å²) < 4.78 is 11.6. The Hall–Kier alpha value is -1.20.